The molecule has 19 heavy (non-hydrogen) atoms. The fourth-order valence-corrected chi connectivity index (χ4v) is 2.93. The molecule has 0 aromatic heterocycles. The van der Waals surface area contributed by atoms with Gasteiger partial charge in [0.25, 0.3) is 0 Å². The predicted octanol–water partition coefficient (Wildman–Crippen LogP) is 1.47. The molecule has 1 heterocycles. The van der Waals surface area contributed by atoms with Gasteiger partial charge in [-0.2, -0.15) is 0 Å². The molecular formula is C13H23N3O3. The lowest BCUT2D eigenvalue weighted by Gasteiger charge is -2.41. The normalized spacial score (nSPS) is 30.2. The molecule has 0 aromatic rings. The summed E-state index contributed by atoms with van der Waals surface area (Å²) >= 11 is 0. The van der Waals surface area contributed by atoms with Crippen LogP contribution >= 0.6 is 0 Å². The first-order chi connectivity index (χ1) is 8.94. The Morgan fingerprint density at radius 2 is 1.74 bits per heavy atom. The van der Waals surface area contributed by atoms with E-state index in [1.54, 1.807) is 0 Å². The first kappa shape index (κ1) is 14.1. The van der Waals surface area contributed by atoms with Crippen LogP contribution < -0.4 is 10.7 Å². The minimum absolute atomic E-state index is 0.289. The summed E-state index contributed by atoms with van der Waals surface area (Å²) in [4.78, 5) is 23.2. The number of carbonyl (C=O) groups excluding carboxylic acids is 1. The number of urea groups is 1. The smallest absolute Gasteiger partial charge is 0.330 e. The third kappa shape index (κ3) is 2.83. The lowest BCUT2D eigenvalue weighted by molar-refractivity contribution is -0.148. The largest absolute Gasteiger partial charge is 0.480 e. The lowest BCUT2D eigenvalue weighted by Crippen LogP contribution is -2.64. The van der Waals surface area contributed by atoms with Gasteiger partial charge in [0.1, 0.15) is 5.54 Å². The molecule has 2 rings (SSSR count). The van der Waals surface area contributed by atoms with Crippen LogP contribution in [0.3, 0.4) is 0 Å². The minimum Gasteiger partial charge on any atom is -0.480 e. The van der Waals surface area contributed by atoms with Crippen molar-refractivity contribution in [1.82, 2.24) is 15.8 Å². The van der Waals surface area contributed by atoms with Crippen LogP contribution in [0.5, 0.6) is 0 Å². The Labute approximate surface area is 113 Å². The highest BCUT2D eigenvalue weighted by Crippen LogP contribution is 2.32. The summed E-state index contributed by atoms with van der Waals surface area (Å²) in [7, 11) is 0. The van der Waals surface area contributed by atoms with Crippen LogP contribution in [0.1, 0.15) is 52.4 Å². The van der Waals surface area contributed by atoms with Crippen LogP contribution in [0.25, 0.3) is 0 Å². The van der Waals surface area contributed by atoms with Gasteiger partial charge in [0.15, 0.2) is 0 Å². The van der Waals surface area contributed by atoms with E-state index in [0.717, 1.165) is 19.3 Å². The molecule has 0 aromatic carbocycles. The first-order valence-corrected chi connectivity index (χ1v) is 7.05. The zero-order chi connectivity index (χ0) is 14.0. The van der Waals surface area contributed by atoms with Gasteiger partial charge in [0.05, 0.1) is 0 Å². The number of rotatable bonds is 3. The van der Waals surface area contributed by atoms with Gasteiger partial charge in [-0.25, -0.2) is 14.6 Å². The average Bonchev–Trinajstić information content (AvgIpc) is 2.28. The van der Waals surface area contributed by atoms with E-state index in [9.17, 15) is 14.7 Å². The van der Waals surface area contributed by atoms with E-state index >= 15 is 0 Å². The van der Waals surface area contributed by atoms with Gasteiger partial charge in [-0.3, -0.25) is 5.43 Å². The monoisotopic (exact) mass is 269 g/mol. The third-order valence-electron chi connectivity index (χ3n) is 4.39. The second-order valence-electron chi connectivity index (χ2n) is 5.84. The van der Waals surface area contributed by atoms with Crippen LogP contribution in [0.4, 0.5) is 4.79 Å². The van der Waals surface area contributed by atoms with Crippen LogP contribution in [0, 0.1) is 0 Å². The summed E-state index contributed by atoms with van der Waals surface area (Å²) in [5.41, 5.74) is 1.77. The van der Waals surface area contributed by atoms with E-state index in [1.807, 2.05) is 5.01 Å². The Balaban J connectivity index is 1.91. The van der Waals surface area contributed by atoms with Gasteiger partial charge in [-0.15, -0.1) is 0 Å². The molecule has 2 unspecified atom stereocenters. The fraction of sp³-hybridized carbons (Fsp3) is 0.846. The number of nitrogens with one attached hydrogen (secondary N) is 2. The Kier molecular flexibility index (Phi) is 3.99. The fourth-order valence-electron chi connectivity index (χ4n) is 2.93. The van der Waals surface area contributed by atoms with Crippen LogP contribution in [0.2, 0.25) is 0 Å². The van der Waals surface area contributed by atoms with Crippen LogP contribution in [-0.4, -0.2) is 39.7 Å². The Morgan fingerprint density at radius 1 is 1.16 bits per heavy atom. The number of hydrogen-bond donors (Lipinski definition) is 3. The van der Waals surface area contributed by atoms with Crippen molar-refractivity contribution < 1.29 is 14.7 Å². The molecule has 6 nitrogen and oxygen atoms in total. The van der Waals surface area contributed by atoms with Gasteiger partial charge in [-0.1, -0.05) is 6.42 Å². The molecule has 1 aliphatic carbocycles. The molecule has 0 bridgehead atoms. The van der Waals surface area contributed by atoms with E-state index in [-0.39, 0.29) is 12.1 Å². The molecule has 1 saturated carbocycles. The van der Waals surface area contributed by atoms with Crippen molar-refractivity contribution in [3.63, 3.8) is 0 Å². The number of carboxylic acids is 1. The van der Waals surface area contributed by atoms with Crippen molar-refractivity contribution >= 4 is 12.0 Å². The van der Waals surface area contributed by atoms with Crippen LogP contribution in [-0.2, 0) is 4.79 Å². The van der Waals surface area contributed by atoms with Crippen molar-refractivity contribution in [3.8, 4) is 0 Å². The Bertz CT molecular complexity index is 358. The molecule has 2 fully saturated rings. The summed E-state index contributed by atoms with van der Waals surface area (Å²) < 4.78 is 0. The summed E-state index contributed by atoms with van der Waals surface area (Å²) in [6, 6.07) is 0.177. The second-order valence-corrected chi connectivity index (χ2v) is 5.84. The minimum atomic E-state index is -1.05. The van der Waals surface area contributed by atoms with Crippen LogP contribution in [0.15, 0.2) is 0 Å². The van der Waals surface area contributed by atoms with E-state index in [2.05, 4.69) is 24.6 Å². The van der Waals surface area contributed by atoms with E-state index in [4.69, 9.17) is 0 Å². The summed E-state index contributed by atoms with van der Waals surface area (Å²) in [6.07, 6.45) is 5.15. The maximum atomic E-state index is 12.0. The lowest BCUT2D eigenvalue weighted by atomic mass is 9.77. The van der Waals surface area contributed by atoms with Crippen molar-refractivity contribution in [3.05, 3.63) is 0 Å². The number of amides is 2. The van der Waals surface area contributed by atoms with Crippen molar-refractivity contribution in [2.45, 2.75) is 70.0 Å². The maximum Gasteiger partial charge on any atom is 0.330 e. The second kappa shape index (κ2) is 5.36. The molecule has 1 saturated heterocycles. The van der Waals surface area contributed by atoms with E-state index in [0.29, 0.717) is 12.8 Å². The van der Waals surface area contributed by atoms with Crippen molar-refractivity contribution in [1.29, 1.82) is 0 Å². The molecule has 2 aliphatic rings. The number of carboxylic acid groups (broad SMARTS) is 1. The Morgan fingerprint density at radius 3 is 2.16 bits per heavy atom. The molecule has 108 valence electrons. The zero-order valence-corrected chi connectivity index (χ0v) is 11.6. The van der Waals surface area contributed by atoms with Gasteiger partial charge in [-0.05, 0) is 46.0 Å². The van der Waals surface area contributed by atoms with Gasteiger partial charge < -0.3 is 10.4 Å². The number of piperidine rings is 1. The van der Waals surface area contributed by atoms with Gasteiger partial charge >= 0.3 is 12.0 Å². The highest BCUT2D eigenvalue weighted by Gasteiger charge is 2.46. The van der Waals surface area contributed by atoms with Crippen molar-refractivity contribution in [2.75, 3.05) is 0 Å². The number of hydrogen-bond acceptors (Lipinski definition) is 3. The topological polar surface area (TPSA) is 81.7 Å². The number of carbonyl (C=O) groups is 2. The first-order valence-electron chi connectivity index (χ1n) is 7.05. The molecule has 2 atom stereocenters. The molecule has 1 aliphatic heterocycles. The van der Waals surface area contributed by atoms with E-state index in [1.165, 1.54) is 6.42 Å². The number of hydrazine groups is 1. The SMILES string of the molecule is CC1CCCC(C)N1NC(=O)NC1(C(=O)O)CCC1. The summed E-state index contributed by atoms with van der Waals surface area (Å²) in [5, 5.41) is 13.8. The highest BCUT2D eigenvalue weighted by molar-refractivity contribution is 5.86. The van der Waals surface area contributed by atoms with E-state index < -0.39 is 17.5 Å². The molecule has 2 amide bonds. The van der Waals surface area contributed by atoms with Crippen molar-refractivity contribution in [2.24, 2.45) is 0 Å². The molecule has 6 heteroatoms. The van der Waals surface area contributed by atoms with Gasteiger partial charge in [0.2, 0.25) is 0 Å². The molecule has 0 spiro atoms. The maximum absolute atomic E-state index is 12.0. The average molecular weight is 269 g/mol. The third-order valence-corrected chi connectivity index (χ3v) is 4.39. The highest BCUT2D eigenvalue weighted by atomic mass is 16.4. The quantitative estimate of drug-likeness (QED) is 0.724. The zero-order valence-electron chi connectivity index (χ0n) is 11.6. The van der Waals surface area contributed by atoms with Gasteiger partial charge in [0, 0.05) is 12.1 Å². The number of nitrogens with zero attached hydrogens (tertiary/aromatic N) is 1. The molecule has 0 radical (unpaired) electrons. The standard InChI is InChI=1S/C13H23N3O3/c1-9-5-3-6-10(2)16(9)15-12(19)14-13(11(17)18)7-4-8-13/h9-10H,3-8H2,1-2H3,(H,17,18)(H2,14,15,19). The Hall–Kier alpha value is -1.30. The molecular weight excluding hydrogens is 246 g/mol. The predicted molar refractivity (Wildman–Crippen MR) is 70.5 cm³/mol. The summed E-state index contributed by atoms with van der Waals surface area (Å²) in [6.45, 7) is 4.15. The number of aliphatic carboxylic acids is 1. The summed E-state index contributed by atoms with van der Waals surface area (Å²) in [5.74, 6) is -0.936. The molecule has 3 N–H and O–H groups in total.